The van der Waals surface area contributed by atoms with Gasteiger partial charge in [0.05, 0.1) is 0 Å². The van der Waals surface area contributed by atoms with Crippen molar-refractivity contribution in [1.82, 2.24) is 0 Å². The second-order valence-corrected chi connectivity index (χ2v) is 2.28. The molecular formula is C8H6F4O. The highest BCUT2D eigenvalue weighted by Crippen LogP contribution is 2.26. The molecule has 0 amide bonds. The number of ether oxygens (including phenoxy) is 1. The van der Waals surface area contributed by atoms with E-state index in [4.69, 9.17) is 0 Å². The van der Waals surface area contributed by atoms with Gasteiger partial charge in [-0.05, 0) is 12.1 Å². The molecule has 72 valence electrons. The van der Waals surface area contributed by atoms with E-state index in [1.54, 1.807) is 6.07 Å². The first-order valence-electron chi connectivity index (χ1n) is 3.42. The summed E-state index contributed by atoms with van der Waals surface area (Å²) in [7, 11) is 0. The van der Waals surface area contributed by atoms with Crippen molar-refractivity contribution >= 4 is 0 Å². The normalized spacial score (nSPS) is 11.8. The molecule has 0 aromatic heterocycles. The van der Waals surface area contributed by atoms with Gasteiger partial charge in [-0.15, -0.1) is 0 Å². The average molecular weight is 194 g/mol. The van der Waals surface area contributed by atoms with Crippen molar-refractivity contribution in [3.8, 4) is 5.75 Å². The lowest BCUT2D eigenvalue weighted by Crippen LogP contribution is -2.33. The van der Waals surface area contributed by atoms with E-state index in [1.807, 2.05) is 0 Å². The smallest absolute Gasteiger partial charge is 0.428 e. The summed E-state index contributed by atoms with van der Waals surface area (Å²) >= 11 is 0. The maximum absolute atomic E-state index is 12.3. The highest BCUT2D eigenvalue weighted by atomic mass is 19.3. The molecule has 1 aromatic carbocycles. The molecule has 0 bridgehead atoms. The third-order valence-electron chi connectivity index (χ3n) is 1.25. The Morgan fingerprint density at radius 1 is 1.08 bits per heavy atom. The van der Waals surface area contributed by atoms with Crippen LogP contribution in [0.1, 0.15) is 0 Å². The molecule has 0 heterocycles. The van der Waals surface area contributed by atoms with Crippen molar-refractivity contribution in [2.24, 2.45) is 0 Å². The summed E-state index contributed by atoms with van der Waals surface area (Å²) in [5, 5.41) is 0. The second kappa shape index (κ2) is 3.64. The minimum absolute atomic E-state index is 0.284. The number of alkyl halides is 4. The molecule has 0 fully saturated rings. The Hall–Kier alpha value is -1.26. The zero-order valence-corrected chi connectivity index (χ0v) is 6.38. The first kappa shape index (κ1) is 9.83. The summed E-state index contributed by atoms with van der Waals surface area (Å²) in [4.78, 5) is 0. The third kappa shape index (κ3) is 2.61. The Kier molecular flexibility index (Phi) is 2.75. The van der Waals surface area contributed by atoms with E-state index in [2.05, 4.69) is 4.74 Å². The molecular weight excluding hydrogens is 188 g/mol. The van der Waals surface area contributed by atoms with Crippen molar-refractivity contribution in [3.05, 3.63) is 30.3 Å². The van der Waals surface area contributed by atoms with Gasteiger partial charge in [-0.2, -0.15) is 17.6 Å². The number of halogens is 4. The monoisotopic (exact) mass is 194 g/mol. The van der Waals surface area contributed by atoms with Crippen LogP contribution >= 0.6 is 0 Å². The van der Waals surface area contributed by atoms with E-state index in [9.17, 15) is 17.6 Å². The minimum Gasteiger partial charge on any atom is -0.428 e. The highest BCUT2D eigenvalue weighted by Gasteiger charge is 2.43. The molecule has 0 aliphatic carbocycles. The molecule has 1 aromatic rings. The van der Waals surface area contributed by atoms with Crippen molar-refractivity contribution in [3.63, 3.8) is 0 Å². The number of hydrogen-bond donors (Lipinski definition) is 0. The molecule has 5 heteroatoms. The van der Waals surface area contributed by atoms with Gasteiger partial charge in [0.25, 0.3) is 0 Å². The van der Waals surface area contributed by atoms with Crippen molar-refractivity contribution in [2.75, 3.05) is 0 Å². The van der Waals surface area contributed by atoms with Crippen LogP contribution in [0.25, 0.3) is 0 Å². The molecule has 1 nitrogen and oxygen atoms in total. The van der Waals surface area contributed by atoms with Gasteiger partial charge < -0.3 is 4.74 Å². The van der Waals surface area contributed by atoms with Crippen molar-refractivity contribution < 1.29 is 22.3 Å². The summed E-state index contributed by atoms with van der Waals surface area (Å²) < 4.78 is 51.5. The molecule has 1 rings (SSSR count). The van der Waals surface area contributed by atoms with Crippen LogP contribution in [-0.2, 0) is 0 Å². The topological polar surface area (TPSA) is 9.23 Å². The Morgan fingerprint density at radius 2 is 1.62 bits per heavy atom. The Bertz CT molecular complexity index is 260. The van der Waals surface area contributed by atoms with Crippen molar-refractivity contribution in [1.29, 1.82) is 0 Å². The molecule has 0 unspecified atom stereocenters. The Morgan fingerprint density at radius 3 is 2.08 bits per heavy atom. The maximum Gasteiger partial charge on any atom is 0.461 e. The lowest BCUT2D eigenvalue weighted by Gasteiger charge is -2.16. The average Bonchev–Trinajstić information content (AvgIpc) is 2.05. The van der Waals surface area contributed by atoms with Gasteiger partial charge in [-0.3, -0.25) is 0 Å². The van der Waals surface area contributed by atoms with Gasteiger partial charge in [0.1, 0.15) is 5.75 Å². The summed E-state index contributed by atoms with van der Waals surface area (Å²) in [6.45, 7) is 0. The molecule has 0 saturated carbocycles. The number of hydrogen-bond acceptors (Lipinski definition) is 1. The van der Waals surface area contributed by atoms with E-state index in [1.165, 1.54) is 24.3 Å². The van der Waals surface area contributed by atoms with Crippen LogP contribution in [0.2, 0.25) is 0 Å². The molecule has 0 saturated heterocycles. The van der Waals surface area contributed by atoms with E-state index in [0.717, 1.165) is 0 Å². The van der Waals surface area contributed by atoms with Crippen LogP contribution in [0.5, 0.6) is 5.75 Å². The highest BCUT2D eigenvalue weighted by molar-refractivity contribution is 5.21. The second-order valence-electron chi connectivity index (χ2n) is 2.28. The predicted octanol–water partition coefficient (Wildman–Crippen LogP) is 2.92. The fraction of sp³-hybridized carbons (Fsp3) is 0.250. The van der Waals surface area contributed by atoms with Gasteiger partial charge in [0.15, 0.2) is 0 Å². The van der Waals surface area contributed by atoms with Gasteiger partial charge in [0, 0.05) is 0 Å². The summed E-state index contributed by atoms with van der Waals surface area (Å²) in [5.41, 5.74) is 0. The van der Waals surface area contributed by atoms with Crippen LogP contribution in [0.4, 0.5) is 17.6 Å². The predicted molar refractivity (Wildman–Crippen MR) is 38.0 cm³/mol. The Balaban J connectivity index is 2.69. The number of para-hydroxylation sites is 1. The van der Waals surface area contributed by atoms with Crippen LogP contribution in [0.15, 0.2) is 30.3 Å². The fourth-order valence-corrected chi connectivity index (χ4v) is 0.690. The minimum atomic E-state index is -4.43. The van der Waals surface area contributed by atoms with Crippen molar-refractivity contribution in [2.45, 2.75) is 12.5 Å². The van der Waals surface area contributed by atoms with Gasteiger partial charge in [0.2, 0.25) is 0 Å². The summed E-state index contributed by atoms with van der Waals surface area (Å²) in [6, 6.07) is 6.74. The Labute approximate surface area is 71.9 Å². The third-order valence-corrected chi connectivity index (χ3v) is 1.25. The largest absolute Gasteiger partial charge is 0.461 e. The fourth-order valence-electron chi connectivity index (χ4n) is 0.690. The van der Waals surface area contributed by atoms with Crippen LogP contribution < -0.4 is 4.74 Å². The van der Waals surface area contributed by atoms with Gasteiger partial charge in [-0.1, -0.05) is 18.2 Å². The van der Waals surface area contributed by atoms with E-state index >= 15 is 0 Å². The summed E-state index contributed by atoms with van der Waals surface area (Å²) in [5.74, 6) is -0.284. The molecule has 0 aliphatic rings. The molecule has 0 radical (unpaired) electrons. The van der Waals surface area contributed by atoms with E-state index in [0.29, 0.717) is 0 Å². The lowest BCUT2D eigenvalue weighted by atomic mass is 10.3. The zero-order valence-electron chi connectivity index (χ0n) is 6.38. The molecule has 0 aliphatic heterocycles. The molecule has 0 spiro atoms. The van der Waals surface area contributed by atoms with Gasteiger partial charge >= 0.3 is 12.5 Å². The number of benzene rings is 1. The molecule has 0 atom stereocenters. The van der Waals surface area contributed by atoms with Crippen LogP contribution in [0.3, 0.4) is 0 Å². The summed E-state index contributed by atoms with van der Waals surface area (Å²) in [6.07, 6.45) is -8.26. The van der Waals surface area contributed by atoms with Crippen LogP contribution in [-0.4, -0.2) is 12.5 Å². The maximum atomic E-state index is 12.3. The van der Waals surface area contributed by atoms with E-state index < -0.39 is 12.5 Å². The van der Waals surface area contributed by atoms with Gasteiger partial charge in [-0.25, -0.2) is 0 Å². The lowest BCUT2D eigenvalue weighted by molar-refractivity contribution is -0.253. The van der Waals surface area contributed by atoms with E-state index in [-0.39, 0.29) is 5.75 Å². The molecule has 0 N–H and O–H groups in total. The first-order chi connectivity index (χ1) is 6.02. The quantitative estimate of drug-likeness (QED) is 0.672. The zero-order chi connectivity index (χ0) is 9.90. The first-order valence-corrected chi connectivity index (χ1v) is 3.42. The standard InChI is InChI=1S/C8H6F4O/c9-7(10)8(11,12)13-6-4-2-1-3-5-6/h1-5,7H. The molecule has 13 heavy (non-hydrogen) atoms. The number of rotatable bonds is 3. The SMILES string of the molecule is FC(F)C(F)(F)Oc1ccccc1. The van der Waals surface area contributed by atoms with Crippen LogP contribution in [0, 0.1) is 0 Å².